The van der Waals surface area contributed by atoms with E-state index >= 15 is 0 Å². The molecule has 0 atom stereocenters. The van der Waals surface area contributed by atoms with Crippen LogP contribution in [0.15, 0.2) is 182 Å². The summed E-state index contributed by atoms with van der Waals surface area (Å²) >= 11 is 3.83. The molecule has 0 aliphatic rings. The van der Waals surface area contributed by atoms with Gasteiger partial charge in [0.1, 0.15) is 0 Å². The van der Waals surface area contributed by atoms with Gasteiger partial charge in [-0.15, -0.1) is 22.7 Å². The van der Waals surface area contributed by atoms with Gasteiger partial charge in [0.15, 0.2) is 0 Å². The highest BCUT2D eigenvalue weighted by atomic mass is 32.1. The van der Waals surface area contributed by atoms with Gasteiger partial charge in [-0.2, -0.15) is 0 Å². The van der Waals surface area contributed by atoms with Crippen molar-refractivity contribution in [3.63, 3.8) is 0 Å². The Kier molecular flexibility index (Phi) is 6.48. The molecule has 0 radical (unpaired) electrons. The van der Waals surface area contributed by atoms with E-state index in [1.165, 1.54) is 117 Å². The lowest BCUT2D eigenvalue weighted by atomic mass is 9.85. The van der Waals surface area contributed by atoms with Gasteiger partial charge >= 0.3 is 0 Å². The third-order valence-electron chi connectivity index (χ3n) is 11.4. The van der Waals surface area contributed by atoms with Crippen molar-refractivity contribution in [1.82, 2.24) is 0 Å². The van der Waals surface area contributed by atoms with E-state index in [2.05, 4.69) is 182 Å². The lowest BCUT2D eigenvalue weighted by molar-refractivity contribution is 1.64. The second kappa shape index (κ2) is 11.6. The van der Waals surface area contributed by atoms with Crippen LogP contribution in [0, 0.1) is 0 Å². The van der Waals surface area contributed by atoms with Crippen LogP contribution in [0.2, 0.25) is 0 Å². The Bertz CT molecular complexity index is 3430. The largest absolute Gasteiger partial charge is 0.135 e. The fourth-order valence-corrected chi connectivity index (χ4v) is 11.2. The van der Waals surface area contributed by atoms with Gasteiger partial charge in [0, 0.05) is 40.3 Å². The lowest BCUT2D eigenvalue weighted by Crippen LogP contribution is -1.91. The van der Waals surface area contributed by atoms with Crippen LogP contribution in [0.25, 0.3) is 117 Å². The molecule has 12 aromatic rings. The first-order valence-corrected chi connectivity index (χ1v) is 20.1. The van der Waals surface area contributed by atoms with Gasteiger partial charge in [0.05, 0.1) is 0 Å². The van der Waals surface area contributed by atoms with Gasteiger partial charge in [-0.25, -0.2) is 0 Å². The molecule has 10 aromatic carbocycles. The van der Waals surface area contributed by atoms with Crippen molar-refractivity contribution in [2.45, 2.75) is 0 Å². The molecular formula is C52H30S2. The molecule has 0 saturated carbocycles. The molecule has 12 rings (SSSR count). The summed E-state index contributed by atoms with van der Waals surface area (Å²) in [4.78, 5) is 0. The van der Waals surface area contributed by atoms with Crippen molar-refractivity contribution in [3.8, 4) is 33.4 Å². The number of rotatable bonds is 3. The zero-order valence-corrected chi connectivity index (χ0v) is 30.8. The number of fused-ring (bicyclic) bond motifs is 11. The molecule has 0 aliphatic heterocycles. The molecule has 2 heteroatoms. The summed E-state index contributed by atoms with van der Waals surface area (Å²) in [5.74, 6) is 0. The van der Waals surface area contributed by atoms with E-state index in [0.717, 1.165) is 0 Å². The fraction of sp³-hybridized carbons (Fsp3) is 0. The van der Waals surface area contributed by atoms with E-state index in [-0.39, 0.29) is 0 Å². The maximum absolute atomic E-state index is 2.45. The van der Waals surface area contributed by atoms with Crippen LogP contribution in [0.5, 0.6) is 0 Å². The van der Waals surface area contributed by atoms with E-state index in [0.29, 0.717) is 0 Å². The molecule has 0 saturated heterocycles. The van der Waals surface area contributed by atoms with Crippen LogP contribution in [-0.4, -0.2) is 0 Å². The van der Waals surface area contributed by atoms with E-state index < -0.39 is 0 Å². The topological polar surface area (TPSA) is 0 Å². The molecule has 0 nitrogen and oxygen atoms in total. The fourth-order valence-electron chi connectivity index (χ4n) is 8.93. The minimum Gasteiger partial charge on any atom is -0.135 e. The number of thiophene rings is 2. The first-order chi connectivity index (χ1) is 26.7. The molecule has 2 aromatic heterocycles. The normalized spacial score (nSPS) is 12.1. The van der Waals surface area contributed by atoms with Crippen LogP contribution in [0.1, 0.15) is 0 Å². The van der Waals surface area contributed by atoms with E-state index in [1.54, 1.807) is 0 Å². The van der Waals surface area contributed by atoms with Gasteiger partial charge in [-0.1, -0.05) is 146 Å². The summed E-state index contributed by atoms with van der Waals surface area (Å²) in [5.41, 5.74) is 7.59. The van der Waals surface area contributed by atoms with Crippen molar-refractivity contribution < 1.29 is 0 Å². The second-order valence-corrected chi connectivity index (χ2v) is 16.6. The van der Waals surface area contributed by atoms with Crippen molar-refractivity contribution in [1.29, 1.82) is 0 Å². The predicted octanol–water partition coefficient (Wildman–Crippen LogP) is 16.0. The third kappa shape index (κ3) is 4.48. The average Bonchev–Trinajstić information content (AvgIpc) is 3.78. The molecule has 250 valence electrons. The Balaban J connectivity index is 1.04. The predicted molar refractivity (Wildman–Crippen MR) is 239 cm³/mol. The summed E-state index contributed by atoms with van der Waals surface area (Å²) in [5, 5.41) is 15.7. The summed E-state index contributed by atoms with van der Waals surface area (Å²) < 4.78 is 5.39. The average molecular weight is 719 g/mol. The van der Waals surface area contributed by atoms with Crippen LogP contribution < -0.4 is 0 Å². The highest BCUT2D eigenvalue weighted by Gasteiger charge is 2.19. The van der Waals surface area contributed by atoms with E-state index in [1.807, 2.05) is 22.7 Å². The zero-order chi connectivity index (χ0) is 35.3. The monoisotopic (exact) mass is 718 g/mol. The van der Waals surface area contributed by atoms with Crippen molar-refractivity contribution >= 4 is 106 Å². The molecular weight excluding hydrogens is 689 g/mol. The minimum atomic E-state index is 1.24. The minimum absolute atomic E-state index is 1.24. The quantitative estimate of drug-likeness (QED) is 0.160. The third-order valence-corrected chi connectivity index (χ3v) is 13.6. The van der Waals surface area contributed by atoms with Gasteiger partial charge in [0.25, 0.3) is 0 Å². The molecule has 0 aliphatic carbocycles. The standard InChI is InChI=1S/C52H30S2/c1-2-10-31(11-3-1)33-18-19-35-27-36(21-20-34(35)26-33)50-40-14-6-8-16-42(40)51(43-17-9-7-15-41(43)50)37-22-24-39-44-29-49-45(30-48(44)54-47(39)28-37)52-38-13-5-4-12-32(38)23-25-46(52)53-49/h1-30H. The summed E-state index contributed by atoms with van der Waals surface area (Å²) in [6, 6.07) is 67.8. The maximum atomic E-state index is 2.45. The SMILES string of the molecule is c1ccc(-c2ccc3cc(-c4c5ccccc5c(-c5ccc6c(c5)sc5cc7c(cc56)sc5ccc6ccccc6c57)c5ccccc45)ccc3c2)cc1. The zero-order valence-electron chi connectivity index (χ0n) is 29.1. The smallest absolute Gasteiger partial charge is 0.0362 e. The molecule has 0 N–H and O–H groups in total. The molecule has 54 heavy (non-hydrogen) atoms. The Hall–Kier alpha value is -6.32. The van der Waals surface area contributed by atoms with Gasteiger partial charge in [-0.3, -0.25) is 0 Å². The highest BCUT2D eigenvalue weighted by Crippen LogP contribution is 2.47. The van der Waals surface area contributed by atoms with Crippen LogP contribution >= 0.6 is 22.7 Å². The molecule has 2 heterocycles. The van der Waals surface area contributed by atoms with Crippen LogP contribution in [0.4, 0.5) is 0 Å². The number of benzene rings is 10. The maximum Gasteiger partial charge on any atom is 0.0362 e. The summed E-state index contributed by atoms with van der Waals surface area (Å²) in [6.45, 7) is 0. The van der Waals surface area contributed by atoms with E-state index in [4.69, 9.17) is 0 Å². The highest BCUT2D eigenvalue weighted by molar-refractivity contribution is 7.27. The Morgan fingerprint density at radius 2 is 0.741 bits per heavy atom. The Morgan fingerprint density at radius 3 is 1.46 bits per heavy atom. The molecule has 0 bridgehead atoms. The number of hydrogen-bond donors (Lipinski definition) is 0. The molecule has 0 unspecified atom stereocenters. The molecule has 0 fully saturated rings. The Morgan fingerprint density at radius 1 is 0.241 bits per heavy atom. The van der Waals surface area contributed by atoms with Crippen LogP contribution in [0.3, 0.4) is 0 Å². The Labute approximate surface area is 319 Å². The van der Waals surface area contributed by atoms with Crippen molar-refractivity contribution in [2.75, 3.05) is 0 Å². The lowest BCUT2D eigenvalue weighted by Gasteiger charge is -2.18. The molecule has 0 spiro atoms. The van der Waals surface area contributed by atoms with Gasteiger partial charge < -0.3 is 0 Å². The van der Waals surface area contributed by atoms with Crippen LogP contribution in [-0.2, 0) is 0 Å². The van der Waals surface area contributed by atoms with Gasteiger partial charge in [0.2, 0.25) is 0 Å². The summed E-state index contributed by atoms with van der Waals surface area (Å²) in [6.07, 6.45) is 0. The van der Waals surface area contributed by atoms with Crippen molar-refractivity contribution in [3.05, 3.63) is 182 Å². The van der Waals surface area contributed by atoms with E-state index in [9.17, 15) is 0 Å². The number of hydrogen-bond acceptors (Lipinski definition) is 2. The summed E-state index contributed by atoms with van der Waals surface area (Å²) in [7, 11) is 0. The second-order valence-electron chi connectivity index (χ2n) is 14.4. The first kappa shape index (κ1) is 30.2. The first-order valence-electron chi connectivity index (χ1n) is 18.5. The van der Waals surface area contributed by atoms with Gasteiger partial charge in [-0.05, 0) is 113 Å². The van der Waals surface area contributed by atoms with Crippen molar-refractivity contribution in [2.24, 2.45) is 0 Å². The molecule has 0 amide bonds.